The maximum absolute atomic E-state index is 11.4. The van der Waals surface area contributed by atoms with Crippen molar-refractivity contribution in [3.8, 4) is 0 Å². The first-order valence-corrected chi connectivity index (χ1v) is 4.48. The van der Waals surface area contributed by atoms with Crippen LogP contribution in [-0.2, 0) is 4.74 Å². The smallest absolute Gasteiger partial charge is 0.338 e. The van der Waals surface area contributed by atoms with Gasteiger partial charge in [-0.05, 0) is 11.6 Å². The first-order chi connectivity index (χ1) is 6.70. The molecule has 1 atom stereocenters. The summed E-state index contributed by atoms with van der Waals surface area (Å²) in [7, 11) is 1.35. The zero-order valence-corrected chi connectivity index (χ0v) is 8.36. The molecule has 1 rings (SSSR count). The molecule has 1 N–H and O–H groups in total. The van der Waals surface area contributed by atoms with E-state index in [1.807, 2.05) is 19.1 Å². The molecular formula is C11H14O3. The van der Waals surface area contributed by atoms with Crippen LogP contribution >= 0.6 is 0 Å². The van der Waals surface area contributed by atoms with E-state index in [1.54, 1.807) is 12.1 Å². The Hall–Kier alpha value is -1.35. The van der Waals surface area contributed by atoms with Crippen LogP contribution in [0.4, 0.5) is 0 Å². The van der Waals surface area contributed by atoms with Crippen molar-refractivity contribution in [1.82, 2.24) is 0 Å². The molecule has 0 radical (unpaired) electrons. The minimum atomic E-state index is -0.360. The summed E-state index contributed by atoms with van der Waals surface area (Å²) in [5.41, 5.74) is 1.35. The number of hydrogen-bond acceptors (Lipinski definition) is 3. The minimum Gasteiger partial charge on any atom is -0.465 e. The highest BCUT2D eigenvalue weighted by Crippen LogP contribution is 2.19. The molecule has 0 aliphatic heterocycles. The molecule has 0 spiro atoms. The molecule has 0 saturated carbocycles. The second-order valence-electron chi connectivity index (χ2n) is 3.16. The molecule has 0 fully saturated rings. The molecule has 0 saturated heterocycles. The number of rotatable bonds is 3. The molecule has 1 aromatic carbocycles. The SMILES string of the molecule is COC(=O)c1ccccc1C(C)CO. The molecule has 3 heteroatoms. The van der Waals surface area contributed by atoms with Crippen LogP contribution in [0.15, 0.2) is 24.3 Å². The van der Waals surface area contributed by atoms with E-state index < -0.39 is 0 Å². The summed E-state index contributed by atoms with van der Waals surface area (Å²) >= 11 is 0. The number of hydrogen-bond donors (Lipinski definition) is 1. The summed E-state index contributed by atoms with van der Waals surface area (Å²) in [6.07, 6.45) is 0. The first-order valence-electron chi connectivity index (χ1n) is 4.48. The average molecular weight is 194 g/mol. The quantitative estimate of drug-likeness (QED) is 0.743. The Labute approximate surface area is 83.3 Å². The molecular weight excluding hydrogens is 180 g/mol. The van der Waals surface area contributed by atoms with Crippen molar-refractivity contribution in [2.75, 3.05) is 13.7 Å². The molecule has 0 amide bonds. The lowest BCUT2D eigenvalue weighted by atomic mass is 9.96. The standard InChI is InChI=1S/C11H14O3/c1-8(7-12)9-5-3-4-6-10(9)11(13)14-2/h3-6,8,12H,7H2,1-2H3. The van der Waals surface area contributed by atoms with Crippen molar-refractivity contribution in [3.05, 3.63) is 35.4 Å². The summed E-state index contributed by atoms with van der Waals surface area (Å²) < 4.78 is 4.65. The number of methoxy groups -OCH3 is 1. The Bertz CT molecular complexity index is 320. The third kappa shape index (κ3) is 2.12. The Kier molecular flexibility index (Phi) is 3.65. The zero-order valence-electron chi connectivity index (χ0n) is 8.36. The van der Waals surface area contributed by atoms with Gasteiger partial charge in [-0.1, -0.05) is 25.1 Å². The van der Waals surface area contributed by atoms with Crippen molar-refractivity contribution in [2.24, 2.45) is 0 Å². The van der Waals surface area contributed by atoms with Gasteiger partial charge in [0.25, 0.3) is 0 Å². The molecule has 1 aromatic rings. The lowest BCUT2D eigenvalue weighted by Crippen LogP contribution is -2.09. The molecule has 0 bridgehead atoms. The molecule has 1 unspecified atom stereocenters. The summed E-state index contributed by atoms with van der Waals surface area (Å²) in [6, 6.07) is 7.15. The van der Waals surface area contributed by atoms with Gasteiger partial charge in [-0.15, -0.1) is 0 Å². The fourth-order valence-electron chi connectivity index (χ4n) is 1.32. The maximum Gasteiger partial charge on any atom is 0.338 e. The number of aliphatic hydroxyl groups is 1. The van der Waals surface area contributed by atoms with Crippen LogP contribution in [0, 0.1) is 0 Å². The van der Waals surface area contributed by atoms with Gasteiger partial charge in [-0.3, -0.25) is 0 Å². The van der Waals surface area contributed by atoms with E-state index in [0.29, 0.717) is 5.56 Å². The summed E-state index contributed by atoms with van der Waals surface area (Å²) in [5.74, 6) is -0.411. The van der Waals surface area contributed by atoms with E-state index in [2.05, 4.69) is 4.74 Å². The normalized spacial score (nSPS) is 12.2. The van der Waals surface area contributed by atoms with Gasteiger partial charge in [0.15, 0.2) is 0 Å². The molecule has 14 heavy (non-hydrogen) atoms. The first kappa shape index (κ1) is 10.7. The van der Waals surface area contributed by atoms with Crippen LogP contribution in [0.25, 0.3) is 0 Å². The summed E-state index contributed by atoms with van der Waals surface area (Å²) in [6.45, 7) is 1.88. The monoisotopic (exact) mass is 194 g/mol. The number of ether oxygens (including phenoxy) is 1. The number of carbonyl (C=O) groups excluding carboxylic acids is 1. The van der Waals surface area contributed by atoms with Crippen LogP contribution < -0.4 is 0 Å². The van der Waals surface area contributed by atoms with Gasteiger partial charge in [0, 0.05) is 12.5 Å². The lowest BCUT2D eigenvalue weighted by molar-refractivity contribution is 0.0598. The highest BCUT2D eigenvalue weighted by atomic mass is 16.5. The number of aliphatic hydroxyl groups excluding tert-OH is 1. The van der Waals surface area contributed by atoms with Crippen LogP contribution in [0.3, 0.4) is 0 Å². The largest absolute Gasteiger partial charge is 0.465 e. The molecule has 0 aromatic heterocycles. The van der Waals surface area contributed by atoms with Crippen LogP contribution in [0.5, 0.6) is 0 Å². The van der Waals surface area contributed by atoms with Crippen LogP contribution in [0.2, 0.25) is 0 Å². The summed E-state index contributed by atoms with van der Waals surface area (Å²) in [4.78, 5) is 11.4. The van der Waals surface area contributed by atoms with Crippen LogP contribution in [-0.4, -0.2) is 24.8 Å². The molecule has 0 heterocycles. The van der Waals surface area contributed by atoms with Crippen molar-refractivity contribution in [2.45, 2.75) is 12.8 Å². The van der Waals surface area contributed by atoms with E-state index in [9.17, 15) is 4.79 Å². The second-order valence-corrected chi connectivity index (χ2v) is 3.16. The van der Waals surface area contributed by atoms with Gasteiger partial charge in [-0.25, -0.2) is 4.79 Å². The molecule has 0 aliphatic rings. The highest BCUT2D eigenvalue weighted by molar-refractivity contribution is 5.91. The van der Waals surface area contributed by atoms with Crippen molar-refractivity contribution < 1.29 is 14.6 Å². The van der Waals surface area contributed by atoms with Gasteiger partial charge in [0.05, 0.1) is 12.7 Å². The van der Waals surface area contributed by atoms with E-state index >= 15 is 0 Å². The van der Waals surface area contributed by atoms with E-state index in [-0.39, 0.29) is 18.5 Å². The Morgan fingerprint density at radius 3 is 2.71 bits per heavy atom. The summed E-state index contributed by atoms with van der Waals surface area (Å²) in [5, 5.41) is 9.02. The molecule has 3 nitrogen and oxygen atoms in total. The van der Waals surface area contributed by atoms with Crippen molar-refractivity contribution in [1.29, 1.82) is 0 Å². The number of esters is 1. The number of carbonyl (C=O) groups is 1. The maximum atomic E-state index is 11.4. The topological polar surface area (TPSA) is 46.5 Å². The van der Waals surface area contributed by atoms with Crippen LogP contribution in [0.1, 0.15) is 28.8 Å². The fourth-order valence-corrected chi connectivity index (χ4v) is 1.32. The molecule has 0 aliphatic carbocycles. The Morgan fingerprint density at radius 1 is 1.50 bits per heavy atom. The van der Waals surface area contributed by atoms with Gasteiger partial charge >= 0.3 is 5.97 Å². The average Bonchev–Trinajstić information content (AvgIpc) is 2.27. The predicted octanol–water partition coefficient (Wildman–Crippen LogP) is 1.57. The van der Waals surface area contributed by atoms with E-state index in [0.717, 1.165) is 5.56 Å². The minimum absolute atomic E-state index is 0.0218. The van der Waals surface area contributed by atoms with Crippen molar-refractivity contribution in [3.63, 3.8) is 0 Å². The highest BCUT2D eigenvalue weighted by Gasteiger charge is 2.14. The van der Waals surface area contributed by atoms with Gasteiger partial charge in [0.2, 0.25) is 0 Å². The molecule has 76 valence electrons. The third-order valence-electron chi connectivity index (χ3n) is 2.17. The Morgan fingerprint density at radius 2 is 2.14 bits per heavy atom. The van der Waals surface area contributed by atoms with Gasteiger partial charge < -0.3 is 9.84 Å². The van der Waals surface area contributed by atoms with E-state index in [1.165, 1.54) is 7.11 Å². The second kappa shape index (κ2) is 4.77. The number of benzene rings is 1. The predicted molar refractivity (Wildman–Crippen MR) is 53.3 cm³/mol. The van der Waals surface area contributed by atoms with Gasteiger partial charge in [-0.2, -0.15) is 0 Å². The van der Waals surface area contributed by atoms with Crippen molar-refractivity contribution >= 4 is 5.97 Å². The Balaban J connectivity index is 3.09. The van der Waals surface area contributed by atoms with E-state index in [4.69, 9.17) is 5.11 Å². The third-order valence-corrected chi connectivity index (χ3v) is 2.17. The van der Waals surface area contributed by atoms with Gasteiger partial charge in [0.1, 0.15) is 0 Å². The fraction of sp³-hybridized carbons (Fsp3) is 0.364. The zero-order chi connectivity index (χ0) is 10.6. The lowest BCUT2D eigenvalue weighted by Gasteiger charge is -2.12.